The number of carbonyl (C=O) groups excluding carboxylic acids is 2. The molecule has 0 aliphatic carbocycles. The zero-order valence-electron chi connectivity index (χ0n) is 15.2. The molecule has 0 saturated carbocycles. The summed E-state index contributed by atoms with van der Waals surface area (Å²) in [6.07, 6.45) is 6.25. The number of rotatable bonds is 5. The highest BCUT2D eigenvalue weighted by molar-refractivity contribution is 8.00. The fraction of sp³-hybridized carbons (Fsp3) is 0.368. The molecule has 0 N–H and O–H groups in total. The fourth-order valence-electron chi connectivity index (χ4n) is 2.46. The number of thioether (sulfide) groups is 1. The van der Waals surface area contributed by atoms with Crippen LogP contribution in [0.3, 0.4) is 0 Å². The smallest absolute Gasteiger partial charge is 0.330 e. The van der Waals surface area contributed by atoms with Gasteiger partial charge in [-0.15, -0.1) is 16.9 Å². The minimum absolute atomic E-state index is 0.115. The maximum Gasteiger partial charge on any atom is 0.330 e. The molecule has 26 heavy (non-hydrogen) atoms. The summed E-state index contributed by atoms with van der Waals surface area (Å²) in [4.78, 5) is 23.2. The van der Waals surface area contributed by atoms with Gasteiger partial charge in [0.05, 0.1) is 7.11 Å². The number of hydrogen-bond acceptors (Lipinski definition) is 5. The Kier molecular flexibility index (Phi) is 6.78. The Hall–Kier alpha value is -1.92. The second-order valence-corrected chi connectivity index (χ2v) is 8.30. The van der Waals surface area contributed by atoms with Gasteiger partial charge in [0.1, 0.15) is 5.25 Å². The van der Waals surface area contributed by atoms with Crippen LogP contribution in [0.5, 0.6) is 0 Å². The Morgan fingerprint density at radius 2 is 2.12 bits per heavy atom. The van der Waals surface area contributed by atoms with Crippen LogP contribution < -0.4 is 0 Å². The lowest BCUT2D eigenvalue weighted by Gasteiger charge is -2.24. The quantitative estimate of drug-likeness (QED) is 0.526. The van der Waals surface area contributed by atoms with Crippen LogP contribution in [0.15, 0.2) is 40.7 Å². The molecule has 138 valence electrons. The van der Waals surface area contributed by atoms with Crippen molar-refractivity contribution in [2.24, 2.45) is 10.2 Å². The predicted molar refractivity (Wildman–Crippen MR) is 105 cm³/mol. The summed E-state index contributed by atoms with van der Waals surface area (Å²) in [5.74, 6) is -0.0891. The fourth-order valence-corrected chi connectivity index (χ4v) is 3.66. The molecular formula is C19H21ClN2O3S. The lowest BCUT2D eigenvalue weighted by Crippen LogP contribution is -2.17. The van der Waals surface area contributed by atoms with E-state index >= 15 is 0 Å². The van der Waals surface area contributed by atoms with Crippen LogP contribution in [-0.4, -0.2) is 24.2 Å². The second-order valence-electron chi connectivity index (χ2n) is 6.76. The van der Waals surface area contributed by atoms with Crippen LogP contribution in [-0.2, 0) is 25.5 Å². The topological polar surface area (TPSA) is 68.1 Å². The molecule has 1 unspecified atom stereocenters. The number of nitrogens with zero attached hydrogens (tertiary/aromatic N) is 2. The van der Waals surface area contributed by atoms with Gasteiger partial charge < -0.3 is 4.74 Å². The van der Waals surface area contributed by atoms with E-state index in [1.807, 2.05) is 12.1 Å². The van der Waals surface area contributed by atoms with E-state index in [-0.39, 0.29) is 16.6 Å². The largest absolute Gasteiger partial charge is 0.466 e. The first-order valence-corrected chi connectivity index (χ1v) is 9.47. The molecule has 1 amide bonds. The highest BCUT2D eigenvalue weighted by Gasteiger charge is 2.23. The van der Waals surface area contributed by atoms with E-state index in [2.05, 4.69) is 35.7 Å². The molecule has 1 heterocycles. The number of methoxy groups -OCH3 is 1. The van der Waals surface area contributed by atoms with E-state index in [1.165, 1.54) is 31.1 Å². The Labute approximate surface area is 162 Å². The minimum atomic E-state index is -0.444. The first-order valence-electron chi connectivity index (χ1n) is 8.04. The Morgan fingerprint density at radius 3 is 2.73 bits per heavy atom. The van der Waals surface area contributed by atoms with Crippen molar-refractivity contribution in [3.8, 4) is 0 Å². The first-order chi connectivity index (χ1) is 12.2. The van der Waals surface area contributed by atoms with Crippen molar-refractivity contribution in [2.75, 3.05) is 7.11 Å². The van der Waals surface area contributed by atoms with Crippen molar-refractivity contribution in [1.82, 2.24) is 0 Å². The second kappa shape index (κ2) is 8.64. The predicted octanol–water partition coefficient (Wildman–Crippen LogP) is 4.93. The maximum absolute atomic E-state index is 11.8. The van der Waals surface area contributed by atoms with Crippen LogP contribution >= 0.6 is 23.4 Å². The summed E-state index contributed by atoms with van der Waals surface area (Å²) >= 11 is 7.89. The number of carbonyl (C=O) groups is 2. The van der Waals surface area contributed by atoms with E-state index in [4.69, 9.17) is 11.6 Å². The molecule has 1 aromatic carbocycles. The van der Waals surface area contributed by atoms with Crippen LogP contribution in [0.1, 0.15) is 37.5 Å². The molecule has 1 aliphatic rings. The third-order valence-electron chi connectivity index (χ3n) is 3.78. The van der Waals surface area contributed by atoms with Crippen molar-refractivity contribution in [2.45, 2.75) is 37.2 Å². The average Bonchev–Trinajstić information content (AvgIpc) is 2.59. The summed E-state index contributed by atoms with van der Waals surface area (Å²) in [5, 5.41) is 7.40. The van der Waals surface area contributed by atoms with E-state index in [9.17, 15) is 9.59 Å². The molecule has 5 nitrogen and oxygen atoms in total. The summed E-state index contributed by atoms with van der Waals surface area (Å²) in [6, 6.07) is 3.88. The lowest BCUT2D eigenvalue weighted by molar-refractivity contribution is -0.134. The molecule has 0 spiro atoms. The van der Waals surface area contributed by atoms with Crippen LogP contribution in [0.2, 0.25) is 5.02 Å². The number of ether oxygens (including phenoxy) is 1. The van der Waals surface area contributed by atoms with Crippen LogP contribution in [0.4, 0.5) is 0 Å². The van der Waals surface area contributed by atoms with Gasteiger partial charge in [-0.2, -0.15) is 5.11 Å². The van der Waals surface area contributed by atoms with Gasteiger partial charge in [0.2, 0.25) is 0 Å². The van der Waals surface area contributed by atoms with Crippen molar-refractivity contribution in [3.05, 3.63) is 52.2 Å². The van der Waals surface area contributed by atoms with Crippen LogP contribution in [0, 0.1) is 0 Å². The molecule has 1 aliphatic heterocycles. The summed E-state index contributed by atoms with van der Waals surface area (Å²) in [7, 11) is 1.32. The molecule has 0 fully saturated rings. The van der Waals surface area contributed by atoms with Gasteiger partial charge in [0.15, 0.2) is 0 Å². The average molecular weight is 393 g/mol. The van der Waals surface area contributed by atoms with Gasteiger partial charge in [-0.05, 0) is 46.4 Å². The van der Waals surface area contributed by atoms with Gasteiger partial charge in [0.25, 0.3) is 5.91 Å². The molecule has 7 heteroatoms. The van der Waals surface area contributed by atoms with Crippen molar-refractivity contribution < 1.29 is 14.3 Å². The van der Waals surface area contributed by atoms with E-state index < -0.39 is 5.97 Å². The number of amides is 1. The molecule has 0 saturated heterocycles. The minimum Gasteiger partial charge on any atom is -0.466 e. The first kappa shape index (κ1) is 20.4. The molecular weight excluding hydrogens is 372 g/mol. The molecule has 0 aromatic heterocycles. The third kappa shape index (κ3) is 5.29. The van der Waals surface area contributed by atoms with Crippen molar-refractivity contribution >= 4 is 41.3 Å². The normalized spacial score (nSPS) is 17.1. The number of halogens is 1. The summed E-state index contributed by atoms with van der Waals surface area (Å²) in [5.41, 5.74) is 2.76. The highest BCUT2D eigenvalue weighted by atomic mass is 35.5. The van der Waals surface area contributed by atoms with Crippen molar-refractivity contribution in [3.63, 3.8) is 0 Å². The van der Waals surface area contributed by atoms with Crippen LogP contribution in [0.25, 0.3) is 6.08 Å². The third-order valence-corrected chi connectivity index (χ3v) is 5.30. The van der Waals surface area contributed by atoms with E-state index in [0.29, 0.717) is 10.8 Å². The number of hydrogen-bond donors (Lipinski definition) is 0. The number of esters is 1. The Balaban J connectivity index is 2.32. The number of benzene rings is 1. The van der Waals surface area contributed by atoms with Gasteiger partial charge in [-0.25, -0.2) is 4.79 Å². The monoisotopic (exact) mass is 392 g/mol. The maximum atomic E-state index is 11.8. The lowest BCUT2D eigenvalue weighted by atomic mass is 9.83. The Morgan fingerprint density at radius 1 is 1.38 bits per heavy atom. The molecule has 0 radical (unpaired) electrons. The molecule has 2 rings (SSSR count). The standard InChI is InChI=1S/C19H21ClN2O3S/c1-19(2,3)14-10-15(20)12(5-6-17(23)25-4)9-13(14)11-26-16-7-8-21-22-18(16)24/h5-10,16H,11H2,1-4H3/b6-5+. The molecule has 1 atom stereocenters. The van der Waals surface area contributed by atoms with Gasteiger partial charge >= 0.3 is 5.97 Å². The highest BCUT2D eigenvalue weighted by Crippen LogP contribution is 2.34. The zero-order valence-corrected chi connectivity index (χ0v) is 16.7. The Bertz CT molecular complexity index is 795. The van der Waals surface area contributed by atoms with Gasteiger partial charge in [-0.3, -0.25) is 4.79 Å². The molecule has 1 aromatic rings. The SMILES string of the molecule is COC(=O)/C=C/c1cc(CSC2C=CN=NC2=O)c(C(C)(C)C)cc1Cl. The van der Waals surface area contributed by atoms with E-state index in [1.54, 1.807) is 12.2 Å². The number of azo groups is 1. The summed E-state index contributed by atoms with van der Waals surface area (Å²) in [6.45, 7) is 6.32. The van der Waals surface area contributed by atoms with E-state index in [0.717, 1.165) is 16.7 Å². The summed E-state index contributed by atoms with van der Waals surface area (Å²) < 4.78 is 4.62. The van der Waals surface area contributed by atoms with Gasteiger partial charge in [0, 0.05) is 23.1 Å². The zero-order chi connectivity index (χ0) is 19.3. The van der Waals surface area contributed by atoms with Gasteiger partial charge in [-0.1, -0.05) is 32.4 Å². The van der Waals surface area contributed by atoms with Crippen molar-refractivity contribution in [1.29, 1.82) is 0 Å². The molecule has 0 bridgehead atoms.